The van der Waals surface area contributed by atoms with E-state index in [9.17, 15) is 19.5 Å². The zero-order chi connectivity index (χ0) is 22.5. The number of methoxy groups -OCH3 is 1. The molecule has 31 heavy (non-hydrogen) atoms. The minimum atomic E-state index is -0.815. The summed E-state index contributed by atoms with van der Waals surface area (Å²) in [7, 11) is 5.30. The first-order valence-electron chi connectivity index (χ1n) is 9.99. The molecule has 0 radical (unpaired) electrons. The highest BCUT2D eigenvalue weighted by Crippen LogP contribution is 2.38. The van der Waals surface area contributed by atoms with Crippen molar-refractivity contribution in [3.8, 4) is 0 Å². The fourth-order valence-corrected chi connectivity index (χ4v) is 3.63. The standard InChI is InChI=1S/C23H25N3O5/c1-25(2)13-4-14-26-19(15-5-7-17(8-6-15)23(30)31-3)18(21(28)22(26)29)20(27)16-9-11-24-12-10-16/h5-12,19,27H,4,13-14H2,1-3H3. The second kappa shape index (κ2) is 9.53. The summed E-state index contributed by atoms with van der Waals surface area (Å²) in [6.07, 6.45) is 3.61. The molecule has 0 bridgehead atoms. The average molecular weight is 423 g/mol. The van der Waals surface area contributed by atoms with Crippen molar-refractivity contribution in [3.63, 3.8) is 0 Å². The molecule has 1 aliphatic rings. The number of ketones is 1. The molecule has 162 valence electrons. The van der Waals surface area contributed by atoms with Crippen LogP contribution in [0.5, 0.6) is 0 Å². The molecule has 3 rings (SSSR count). The second-order valence-electron chi connectivity index (χ2n) is 7.63. The molecule has 1 atom stereocenters. The largest absolute Gasteiger partial charge is 0.872 e. The number of nitrogens with zero attached hydrogens (tertiary/aromatic N) is 2. The summed E-state index contributed by atoms with van der Waals surface area (Å²) in [6, 6.07) is 8.63. The minimum absolute atomic E-state index is 0.0841. The predicted molar refractivity (Wildman–Crippen MR) is 111 cm³/mol. The number of carbonyl (C=O) groups excluding carboxylic acids is 3. The van der Waals surface area contributed by atoms with Crippen molar-refractivity contribution in [2.75, 3.05) is 34.3 Å². The highest BCUT2D eigenvalue weighted by Gasteiger charge is 2.43. The minimum Gasteiger partial charge on any atom is -0.872 e. The SMILES string of the molecule is COC(=O)c1ccc(C2C(=C([O-])c3ccncc3)C(=O)C(=O)N2CCC[NH+](C)C)cc1. The zero-order valence-electron chi connectivity index (χ0n) is 17.8. The Morgan fingerprint density at radius 1 is 1.10 bits per heavy atom. The van der Waals surface area contributed by atoms with Gasteiger partial charge in [-0.2, -0.15) is 0 Å². The van der Waals surface area contributed by atoms with E-state index in [1.54, 1.807) is 24.3 Å². The number of Topliss-reactive ketones (excluding diaryl/α,β-unsaturated/α-hetero) is 1. The van der Waals surface area contributed by atoms with E-state index in [2.05, 4.69) is 4.98 Å². The lowest BCUT2D eigenvalue weighted by Crippen LogP contribution is -3.05. The predicted octanol–water partition coefficient (Wildman–Crippen LogP) is -0.373. The number of amides is 1. The maximum atomic E-state index is 13.2. The normalized spacial score (nSPS) is 17.9. The van der Waals surface area contributed by atoms with Gasteiger partial charge in [0.15, 0.2) is 0 Å². The third-order valence-electron chi connectivity index (χ3n) is 5.20. The number of likely N-dealkylation sites (tertiary alicyclic amines) is 1. The average Bonchev–Trinajstić information content (AvgIpc) is 3.03. The van der Waals surface area contributed by atoms with Gasteiger partial charge in [-0.05, 0) is 35.4 Å². The number of ether oxygens (including phenoxy) is 1. The van der Waals surface area contributed by atoms with Crippen molar-refractivity contribution < 1.29 is 29.1 Å². The van der Waals surface area contributed by atoms with E-state index >= 15 is 0 Å². The Hall–Kier alpha value is -3.52. The van der Waals surface area contributed by atoms with Crippen LogP contribution in [0.25, 0.3) is 5.76 Å². The Kier molecular flexibility index (Phi) is 6.81. The molecule has 0 spiro atoms. The molecule has 0 aliphatic carbocycles. The molecule has 0 saturated carbocycles. The van der Waals surface area contributed by atoms with Gasteiger partial charge in [0, 0.05) is 30.9 Å². The number of nitrogens with one attached hydrogen (secondary N) is 1. The molecule has 2 aromatic rings. The van der Waals surface area contributed by atoms with E-state index in [0.29, 0.717) is 29.7 Å². The number of hydrogen-bond donors (Lipinski definition) is 1. The van der Waals surface area contributed by atoms with E-state index in [-0.39, 0.29) is 5.57 Å². The quantitative estimate of drug-likeness (QED) is 0.282. The van der Waals surface area contributed by atoms with Gasteiger partial charge in [-0.15, -0.1) is 0 Å². The Morgan fingerprint density at radius 2 is 1.74 bits per heavy atom. The first-order chi connectivity index (χ1) is 14.8. The van der Waals surface area contributed by atoms with Gasteiger partial charge in [0.25, 0.3) is 5.91 Å². The molecule has 2 heterocycles. The third-order valence-corrected chi connectivity index (χ3v) is 5.20. The van der Waals surface area contributed by atoms with Crippen molar-refractivity contribution in [2.45, 2.75) is 12.5 Å². The summed E-state index contributed by atoms with van der Waals surface area (Å²) < 4.78 is 4.72. The first-order valence-corrected chi connectivity index (χ1v) is 9.99. The van der Waals surface area contributed by atoms with Gasteiger partial charge in [0.1, 0.15) is 0 Å². The van der Waals surface area contributed by atoms with Crippen LogP contribution in [0, 0.1) is 0 Å². The summed E-state index contributed by atoms with van der Waals surface area (Å²) in [5.41, 5.74) is 1.13. The van der Waals surface area contributed by atoms with Gasteiger partial charge in [-0.1, -0.05) is 17.9 Å². The molecule has 1 N–H and O–H groups in total. The van der Waals surface area contributed by atoms with E-state index in [1.165, 1.54) is 41.4 Å². The first kappa shape index (κ1) is 22.2. The van der Waals surface area contributed by atoms with Gasteiger partial charge < -0.3 is 19.6 Å². The number of rotatable bonds is 7. The van der Waals surface area contributed by atoms with Crippen molar-refractivity contribution in [2.24, 2.45) is 0 Å². The highest BCUT2D eigenvalue weighted by atomic mass is 16.5. The summed E-state index contributed by atoms with van der Waals surface area (Å²) in [6.45, 7) is 1.14. The number of esters is 1. The summed E-state index contributed by atoms with van der Waals surface area (Å²) >= 11 is 0. The zero-order valence-corrected chi connectivity index (χ0v) is 17.8. The van der Waals surface area contributed by atoms with Crippen LogP contribution in [0.3, 0.4) is 0 Å². The Bertz CT molecular complexity index is 1000. The topological polar surface area (TPSA) is 104 Å². The van der Waals surface area contributed by atoms with Crippen LogP contribution in [0.15, 0.2) is 54.4 Å². The molecule has 1 aliphatic heterocycles. The van der Waals surface area contributed by atoms with Crippen molar-refractivity contribution >= 4 is 23.4 Å². The lowest BCUT2D eigenvalue weighted by atomic mass is 9.95. The van der Waals surface area contributed by atoms with Crippen LogP contribution in [0.1, 0.15) is 33.9 Å². The molecule has 1 fully saturated rings. The van der Waals surface area contributed by atoms with Crippen LogP contribution in [-0.4, -0.2) is 61.8 Å². The van der Waals surface area contributed by atoms with Crippen molar-refractivity contribution in [3.05, 3.63) is 71.1 Å². The number of pyridine rings is 1. The maximum absolute atomic E-state index is 13.2. The molecular formula is C23H25N3O5. The van der Waals surface area contributed by atoms with Crippen LogP contribution in [0.2, 0.25) is 0 Å². The Labute approximate surface area is 180 Å². The second-order valence-corrected chi connectivity index (χ2v) is 7.63. The van der Waals surface area contributed by atoms with E-state index < -0.39 is 29.5 Å². The lowest BCUT2D eigenvalue weighted by molar-refractivity contribution is -0.858. The Morgan fingerprint density at radius 3 is 2.32 bits per heavy atom. The summed E-state index contributed by atoms with van der Waals surface area (Å²) in [5, 5.41) is 13.2. The van der Waals surface area contributed by atoms with E-state index in [1.807, 2.05) is 14.1 Å². The van der Waals surface area contributed by atoms with Crippen LogP contribution in [-0.2, 0) is 14.3 Å². The molecule has 1 aromatic carbocycles. The molecule has 1 unspecified atom stereocenters. The summed E-state index contributed by atoms with van der Waals surface area (Å²) in [4.78, 5) is 44.1. The molecule has 8 nitrogen and oxygen atoms in total. The lowest BCUT2D eigenvalue weighted by Gasteiger charge is -2.27. The molecule has 8 heteroatoms. The van der Waals surface area contributed by atoms with Crippen LogP contribution < -0.4 is 10.0 Å². The van der Waals surface area contributed by atoms with Gasteiger partial charge in [-0.3, -0.25) is 14.6 Å². The number of benzene rings is 1. The number of aromatic nitrogens is 1. The number of quaternary nitrogens is 1. The van der Waals surface area contributed by atoms with E-state index in [4.69, 9.17) is 4.74 Å². The third kappa shape index (κ3) is 4.64. The van der Waals surface area contributed by atoms with Crippen LogP contribution >= 0.6 is 0 Å². The maximum Gasteiger partial charge on any atom is 0.337 e. The molecule has 1 aromatic heterocycles. The van der Waals surface area contributed by atoms with E-state index in [0.717, 1.165) is 6.54 Å². The van der Waals surface area contributed by atoms with Gasteiger partial charge in [0.2, 0.25) is 5.78 Å². The molecule has 1 amide bonds. The van der Waals surface area contributed by atoms with Crippen molar-refractivity contribution in [1.82, 2.24) is 9.88 Å². The van der Waals surface area contributed by atoms with Crippen LogP contribution in [0.4, 0.5) is 0 Å². The fraction of sp³-hybridized carbons (Fsp3) is 0.304. The van der Waals surface area contributed by atoms with Crippen molar-refractivity contribution in [1.29, 1.82) is 0 Å². The van der Waals surface area contributed by atoms with Gasteiger partial charge in [-0.25, -0.2) is 4.79 Å². The summed E-state index contributed by atoms with van der Waals surface area (Å²) in [5.74, 6) is -2.47. The number of carbonyl (C=O) groups is 3. The monoisotopic (exact) mass is 423 g/mol. The fourth-order valence-electron chi connectivity index (χ4n) is 3.63. The smallest absolute Gasteiger partial charge is 0.337 e. The van der Waals surface area contributed by atoms with Gasteiger partial charge in [0.05, 0.1) is 39.4 Å². The highest BCUT2D eigenvalue weighted by molar-refractivity contribution is 6.46. The molecule has 1 saturated heterocycles. The van der Waals surface area contributed by atoms with Gasteiger partial charge >= 0.3 is 5.97 Å². The number of hydrogen-bond acceptors (Lipinski definition) is 6. The molecular weight excluding hydrogens is 398 g/mol. The Balaban J connectivity index is 2.07.